The Morgan fingerprint density at radius 1 is 0.714 bits per heavy atom. The van der Waals surface area contributed by atoms with Crippen LogP contribution in [-0.2, 0) is 24.3 Å². The summed E-state index contributed by atoms with van der Waals surface area (Å²) >= 11 is 0. The molecule has 124 valence electrons. The van der Waals surface area contributed by atoms with Crippen molar-refractivity contribution in [3.63, 3.8) is 0 Å². The second-order valence-electron chi connectivity index (χ2n) is 7.74. The monoisotopic (exact) mass is 302 g/mol. The fourth-order valence-electron chi connectivity index (χ4n) is 3.49. The standard InChI is InChI=1S/C16H30O5/c1-13(2)5-15(9-18-19-10-15)7-17-8-16(6-14(3)4)11-20-21-12-16/h13-14H,5-12H2,1-4H3. The topological polar surface area (TPSA) is 46.2 Å². The number of ether oxygens (including phenoxy) is 1. The maximum Gasteiger partial charge on any atom is 0.0924 e. The minimum atomic E-state index is -0.00644. The Bertz CT molecular complexity index is 274. The molecular formula is C16H30O5. The van der Waals surface area contributed by atoms with Crippen molar-refractivity contribution < 1.29 is 24.3 Å². The second-order valence-corrected chi connectivity index (χ2v) is 7.74. The summed E-state index contributed by atoms with van der Waals surface area (Å²) in [4.78, 5) is 20.6. The predicted octanol–water partition coefficient (Wildman–Crippen LogP) is 2.99. The van der Waals surface area contributed by atoms with Crippen molar-refractivity contribution in [1.29, 1.82) is 0 Å². The third-order valence-corrected chi connectivity index (χ3v) is 4.13. The van der Waals surface area contributed by atoms with Crippen LogP contribution in [0.3, 0.4) is 0 Å². The van der Waals surface area contributed by atoms with E-state index in [1.165, 1.54) is 0 Å². The molecule has 0 atom stereocenters. The molecule has 0 spiro atoms. The van der Waals surface area contributed by atoms with Crippen LogP contribution < -0.4 is 0 Å². The fourth-order valence-corrected chi connectivity index (χ4v) is 3.49. The molecule has 2 aliphatic heterocycles. The average Bonchev–Trinajstić information content (AvgIpc) is 2.98. The first-order valence-electron chi connectivity index (χ1n) is 8.02. The van der Waals surface area contributed by atoms with E-state index in [0.29, 0.717) is 51.5 Å². The lowest BCUT2D eigenvalue weighted by molar-refractivity contribution is -0.248. The van der Waals surface area contributed by atoms with E-state index in [9.17, 15) is 0 Å². The van der Waals surface area contributed by atoms with Crippen LogP contribution >= 0.6 is 0 Å². The van der Waals surface area contributed by atoms with Gasteiger partial charge in [-0.25, -0.2) is 19.6 Å². The molecule has 0 bridgehead atoms. The number of rotatable bonds is 8. The highest BCUT2D eigenvalue weighted by Crippen LogP contribution is 2.36. The van der Waals surface area contributed by atoms with Gasteiger partial charge >= 0.3 is 0 Å². The molecule has 2 rings (SSSR count). The minimum Gasteiger partial charge on any atom is -0.380 e. The zero-order valence-corrected chi connectivity index (χ0v) is 13.9. The summed E-state index contributed by atoms with van der Waals surface area (Å²) in [5.41, 5.74) is -0.0129. The van der Waals surface area contributed by atoms with E-state index in [4.69, 9.17) is 24.3 Å². The van der Waals surface area contributed by atoms with Crippen LogP contribution in [0.1, 0.15) is 40.5 Å². The minimum absolute atomic E-state index is 0.00644. The molecule has 0 unspecified atom stereocenters. The summed E-state index contributed by atoms with van der Waals surface area (Å²) in [5.74, 6) is 1.20. The Balaban J connectivity index is 1.85. The largest absolute Gasteiger partial charge is 0.380 e. The van der Waals surface area contributed by atoms with Gasteiger partial charge in [-0.3, -0.25) is 0 Å². The summed E-state index contributed by atoms with van der Waals surface area (Å²) < 4.78 is 6.09. The van der Waals surface area contributed by atoms with Gasteiger partial charge in [0.2, 0.25) is 0 Å². The molecule has 21 heavy (non-hydrogen) atoms. The van der Waals surface area contributed by atoms with Crippen molar-refractivity contribution >= 4 is 0 Å². The smallest absolute Gasteiger partial charge is 0.0924 e. The highest BCUT2D eigenvalue weighted by Gasteiger charge is 2.41. The molecule has 0 aromatic carbocycles. The molecule has 0 aliphatic carbocycles. The molecule has 2 aliphatic rings. The van der Waals surface area contributed by atoms with Crippen LogP contribution in [-0.4, -0.2) is 39.6 Å². The maximum absolute atomic E-state index is 6.09. The van der Waals surface area contributed by atoms with Crippen molar-refractivity contribution in [2.75, 3.05) is 39.6 Å². The normalized spacial score (nSPS) is 24.3. The van der Waals surface area contributed by atoms with E-state index in [1.54, 1.807) is 0 Å². The molecular weight excluding hydrogens is 272 g/mol. The summed E-state index contributed by atoms with van der Waals surface area (Å²) in [5, 5.41) is 0. The first kappa shape index (κ1) is 17.2. The van der Waals surface area contributed by atoms with Gasteiger partial charge in [0.25, 0.3) is 0 Å². The zero-order chi connectivity index (χ0) is 15.3. The van der Waals surface area contributed by atoms with Crippen LogP contribution in [0, 0.1) is 22.7 Å². The van der Waals surface area contributed by atoms with Crippen molar-refractivity contribution in [3.8, 4) is 0 Å². The van der Waals surface area contributed by atoms with Crippen LogP contribution in [0.4, 0.5) is 0 Å². The van der Waals surface area contributed by atoms with Gasteiger partial charge in [-0.05, 0) is 24.7 Å². The third-order valence-electron chi connectivity index (χ3n) is 4.13. The average molecular weight is 302 g/mol. The molecule has 2 heterocycles. The van der Waals surface area contributed by atoms with Gasteiger partial charge in [-0.2, -0.15) is 0 Å². The van der Waals surface area contributed by atoms with E-state index in [1.807, 2.05) is 0 Å². The van der Waals surface area contributed by atoms with Crippen LogP contribution in [0.5, 0.6) is 0 Å². The van der Waals surface area contributed by atoms with Crippen LogP contribution in [0.25, 0.3) is 0 Å². The predicted molar refractivity (Wildman–Crippen MR) is 78.4 cm³/mol. The highest BCUT2D eigenvalue weighted by molar-refractivity contribution is 4.85. The number of hydrogen-bond donors (Lipinski definition) is 0. The van der Waals surface area contributed by atoms with Crippen LogP contribution in [0.15, 0.2) is 0 Å². The molecule has 0 N–H and O–H groups in total. The van der Waals surface area contributed by atoms with Gasteiger partial charge in [0.1, 0.15) is 0 Å². The first-order valence-corrected chi connectivity index (χ1v) is 8.02. The van der Waals surface area contributed by atoms with Gasteiger partial charge in [0.05, 0.1) is 39.6 Å². The molecule has 0 aromatic rings. The Kier molecular flexibility index (Phi) is 6.03. The fraction of sp³-hybridized carbons (Fsp3) is 1.00. The Morgan fingerprint density at radius 2 is 1.05 bits per heavy atom. The van der Waals surface area contributed by atoms with Gasteiger partial charge in [-0.1, -0.05) is 27.7 Å². The summed E-state index contributed by atoms with van der Waals surface area (Å²) in [6, 6.07) is 0. The molecule has 0 aromatic heterocycles. The Hall–Kier alpha value is -0.200. The summed E-state index contributed by atoms with van der Waals surface area (Å²) in [6.45, 7) is 12.7. The van der Waals surface area contributed by atoms with E-state index in [0.717, 1.165) is 12.8 Å². The van der Waals surface area contributed by atoms with Crippen molar-refractivity contribution in [2.24, 2.45) is 22.7 Å². The van der Waals surface area contributed by atoms with E-state index in [2.05, 4.69) is 27.7 Å². The molecule has 0 amide bonds. The maximum atomic E-state index is 6.09. The highest BCUT2D eigenvalue weighted by atomic mass is 17.2. The van der Waals surface area contributed by atoms with Gasteiger partial charge in [0.15, 0.2) is 0 Å². The van der Waals surface area contributed by atoms with Crippen molar-refractivity contribution in [2.45, 2.75) is 40.5 Å². The van der Waals surface area contributed by atoms with Crippen LogP contribution in [0.2, 0.25) is 0 Å². The van der Waals surface area contributed by atoms with Crippen molar-refractivity contribution in [1.82, 2.24) is 0 Å². The van der Waals surface area contributed by atoms with E-state index < -0.39 is 0 Å². The van der Waals surface area contributed by atoms with Gasteiger partial charge < -0.3 is 4.74 Å². The van der Waals surface area contributed by atoms with Gasteiger partial charge in [0, 0.05) is 10.8 Å². The Morgan fingerprint density at radius 3 is 1.33 bits per heavy atom. The molecule has 2 saturated heterocycles. The van der Waals surface area contributed by atoms with E-state index in [-0.39, 0.29) is 10.8 Å². The molecule has 5 nitrogen and oxygen atoms in total. The SMILES string of the molecule is CC(C)CC1(COCC2(CC(C)C)COOC2)COOC1. The molecule has 5 heteroatoms. The third kappa shape index (κ3) is 4.89. The lowest BCUT2D eigenvalue weighted by Gasteiger charge is -2.31. The zero-order valence-electron chi connectivity index (χ0n) is 13.9. The molecule has 0 saturated carbocycles. The Labute approximate surface area is 128 Å². The van der Waals surface area contributed by atoms with Crippen molar-refractivity contribution in [3.05, 3.63) is 0 Å². The van der Waals surface area contributed by atoms with Gasteiger partial charge in [-0.15, -0.1) is 0 Å². The lowest BCUT2D eigenvalue weighted by atomic mass is 9.81. The molecule has 0 radical (unpaired) electrons. The van der Waals surface area contributed by atoms with E-state index >= 15 is 0 Å². The number of hydrogen-bond acceptors (Lipinski definition) is 5. The first-order chi connectivity index (χ1) is 9.95. The summed E-state index contributed by atoms with van der Waals surface area (Å²) in [7, 11) is 0. The summed E-state index contributed by atoms with van der Waals surface area (Å²) in [6.07, 6.45) is 2.11. The lowest BCUT2D eigenvalue weighted by Crippen LogP contribution is -2.37. The molecule has 2 fully saturated rings. The second kappa shape index (κ2) is 7.38. The quantitative estimate of drug-likeness (QED) is 0.645.